The van der Waals surface area contributed by atoms with Crippen molar-refractivity contribution in [2.45, 2.75) is 24.2 Å². The number of hydrogen-bond acceptors (Lipinski definition) is 5. The molecule has 1 aromatic carbocycles. The number of nitrogens with one attached hydrogen (secondary N) is 1. The van der Waals surface area contributed by atoms with Crippen molar-refractivity contribution >= 4 is 27.6 Å². The summed E-state index contributed by atoms with van der Waals surface area (Å²) < 4.78 is 25.8. The number of carboxylic acids is 1. The normalized spacial score (nSPS) is 15.2. The molecule has 138 valence electrons. The Kier molecular flexibility index (Phi) is 6.02. The Morgan fingerprint density at radius 2 is 1.84 bits per heavy atom. The van der Waals surface area contributed by atoms with Crippen LogP contribution in [0, 0.1) is 0 Å². The molecule has 1 aliphatic rings. The first-order chi connectivity index (χ1) is 11.7. The van der Waals surface area contributed by atoms with E-state index in [0.29, 0.717) is 5.69 Å². The van der Waals surface area contributed by atoms with Gasteiger partial charge in [-0.15, -0.1) is 0 Å². The van der Waals surface area contributed by atoms with Crippen molar-refractivity contribution in [3.8, 4) is 0 Å². The smallest absolute Gasteiger partial charge is 0.322 e. The second-order valence-corrected chi connectivity index (χ2v) is 8.24. The van der Waals surface area contributed by atoms with Gasteiger partial charge in [-0.25, -0.2) is 12.7 Å². The molecule has 0 aromatic heterocycles. The minimum atomic E-state index is -3.69. The van der Waals surface area contributed by atoms with Gasteiger partial charge < -0.3 is 15.3 Å². The number of aliphatic carboxylic acids is 1. The molecule has 1 heterocycles. The monoisotopic (exact) mass is 369 g/mol. The molecule has 8 nitrogen and oxygen atoms in total. The molecule has 1 aromatic rings. The summed E-state index contributed by atoms with van der Waals surface area (Å²) in [5, 5.41) is 11.1. The molecular formula is C16H23N3O5S. The zero-order valence-corrected chi connectivity index (χ0v) is 15.2. The first-order valence-electron chi connectivity index (χ1n) is 8.05. The van der Waals surface area contributed by atoms with Gasteiger partial charge in [0.2, 0.25) is 10.0 Å². The van der Waals surface area contributed by atoms with Crippen molar-refractivity contribution in [2.24, 2.45) is 0 Å². The quantitative estimate of drug-likeness (QED) is 0.766. The average molecular weight is 369 g/mol. The number of carbonyl (C=O) groups is 2. The number of hydrogen-bond donors (Lipinski definition) is 2. The van der Waals surface area contributed by atoms with Crippen LogP contribution in [0.2, 0.25) is 0 Å². The van der Waals surface area contributed by atoms with Crippen LogP contribution in [0.4, 0.5) is 5.69 Å². The van der Waals surface area contributed by atoms with Gasteiger partial charge in [-0.2, -0.15) is 0 Å². The predicted octanol–water partition coefficient (Wildman–Crippen LogP) is 0.742. The SMILES string of the molecule is CN(C)S(=O)(=O)c1ccc(N2CCCCC2)c(C(=O)NCC(=O)O)c1. The van der Waals surface area contributed by atoms with Gasteiger partial charge in [0, 0.05) is 32.9 Å². The van der Waals surface area contributed by atoms with E-state index in [-0.39, 0.29) is 10.5 Å². The third-order valence-electron chi connectivity index (χ3n) is 4.09. The average Bonchev–Trinajstić information content (AvgIpc) is 2.59. The molecule has 2 rings (SSSR count). The molecule has 25 heavy (non-hydrogen) atoms. The molecule has 0 saturated carbocycles. The Hall–Kier alpha value is -2.13. The van der Waals surface area contributed by atoms with Crippen molar-refractivity contribution in [1.82, 2.24) is 9.62 Å². The molecule has 9 heteroatoms. The summed E-state index contributed by atoms with van der Waals surface area (Å²) >= 11 is 0. The molecule has 0 spiro atoms. The topological polar surface area (TPSA) is 107 Å². The number of benzene rings is 1. The second-order valence-electron chi connectivity index (χ2n) is 6.09. The third-order valence-corrected chi connectivity index (χ3v) is 5.90. The summed E-state index contributed by atoms with van der Waals surface area (Å²) in [6, 6.07) is 4.42. The van der Waals surface area contributed by atoms with Crippen LogP contribution in [-0.2, 0) is 14.8 Å². The van der Waals surface area contributed by atoms with Crippen molar-refractivity contribution in [3.63, 3.8) is 0 Å². The fourth-order valence-corrected chi connectivity index (χ4v) is 3.66. The van der Waals surface area contributed by atoms with Gasteiger partial charge in [-0.05, 0) is 37.5 Å². The maximum absolute atomic E-state index is 12.5. The Morgan fingerprint density at radius 1 is 1.20 bits per heavy atom. The highest BCUT2D eigenvalue weighted by Crippen LogP contribution is 2.27. The molecule has 0 atom stereocenters. The van der Waals surface area contributed by atoms with E-state index in [9.17, 15) is 18.0 Å². The Bertz CT molecular complexity index is 755. The van der Waals surface area contributed by atoms with Crippen LogP contribution in [-0.4, -0.2) is 63.4 Å². The summed E-state index contributed by atoms with van der Waals surface area (Å²) in [5.74, 6) is -1.76. The van der Waals surface area contributed by atoms with E-state index >= 15 is 0 Å². The highest BCUT2D eigenvalue weighted by molar-refractivity contribution is 7.89. The molecule has 1 fully saturated rings. The third kappa shape index (κ3) is 4.49. The summed E-state index contributed by atoms with van der Waals surface area (Å²) in [6.45, 7) is 1.03. The fraction of sp³-hybridized carbons (Fsp3) is 0.500. The highest BCUT2D eigenvalue weighted by atomic mass is 32.2. The Labute approximate surface area is 147 Å². The van der Waals surface area contributed by atoms with Crippen molar-refractivity contribution in [1.29, 1.82) is 0 Å². The van der Waals surface area contributed by atoms with Gasteiger partial charge in [-0.3, -0.25) is 9.59 Å². The maximum atomic E-state index is 12.5. The van der Waals surface area contributed by atoms with E-state index in [2.05, 4.69) is 5.32 Å². The number of piperidine rings is 1. The first-order valence-corrected chi connectivity index (χ1v) is 9.49. The molecule has 0 radical (unpaired) electrons. The van der Waals surface area contributed by atoms with Gasteiger partial charge >= 0.3 is 5.97 Å². The van der Waals surface area contributed by atoms with Crippen molar-refractivity contribution in [2.75, 3.05) is 38.6 Å². The number of amides is 1. The molecule has 0 bridgehead atoms. The fourth-order valence-electron chi connectivity index (χ4n) is 2.73. The summed E-state index contributed by atoms with van der Waals surface area (Å²) in [6.07, 6.45) is 3.10. The Morgan fingerprint density at radius 3 is 2.40 bits per heavy atom. The van der Waals surface area contributed by atoms with Gasteiger partial charge in [0.05, 0.1) is 10.5 Å². The molecule has 0 aliphatic carbocycles. The lowest BCUT2D eigenvalue weighted by Crippen LogP contribution is -2.34. The van der Waals surface area contributed by atoms with Crippen molar-refractivity contribution in [3.05, 3.63) is 23.8 Å². The van der Waals surface area contributed by atoms with E-state index in [1.165, 1.54) is 26.2 Å². The van der Waals surface area contributed by atoms with E-state index < -0.39 is 28.4 Å². The molecule has 1 saturated heterocycles. The van der Waals surface area contributed by atoms with Crippen LogP contribution in [0.3, 0.4) is 0 Å². The van der Waals surface area contributed by atoms with E-state index in [4.69, 9.17) is 5.11 Å². The van der Waals surface area contributed by atoms with Gasteiger partial charge in [0.15, 0.2) is 0 Å². The first kappa shape index (κ1) is 19.2. The van der Waals surface area contributed by atoms with Crippen LogP contribution in [0.25, 0.3) is 0 Å². The van der Waals surface area contributed by atoms with Crippen molar-refractivity contribution < 1.29 is 23.1 Å². The van der Waals surface area contributed by atoms with Gasteiger partial charge in [0.25, 0.3) is 5.91 Å². The zero-order chi connectivity index (χ0) is 18.6. The minimum Gasteiger partial charge on any atom is -0.480 e. The molecule has 1 aliphatic heterocycles. The molecule has 1 amide bonds. The number of anilines is 1. The van der Waals surface area contributed by atoms with Crippen LogP contribution < -0.4 is 10.2 Å². The lowest BCUT2D eigenvalue weighted by Gasteiger charge is -2.30. The van der Waals surface area contributed by atoms with E-state index in [0.717, 1.165) is 36.7 Å². The number of nitrogens with zero attached hydrogens (tertiary/aromatic N) is 2. The highest BCUT2D eigenvalue weighted by Gasteiger charge is 2.24. The lowest BCUT2D eigenvalue weighted by atomic mass is 10.1. The molecular weight excluding hydrogens is 346 g/mol. The van der Waals surface area contributed by atoms with Crippen LogP contribution >= 0.6 is 0 Å². The zero-order valence-electron chi connectivity index (χ0n) is 14.4. The lowest BCUT2D eigenvalue weighted by molar-refractivity contribution is -0.135. The summed E-state index contributed by atoms with van der Waals surface area (Å²) in [5.41, 5.74) is 0.798. The summed E-state index contributed by atoms with van der Waals surface area (Å²) in [7, 11) is -0.864. The molecule has 0 unspecified atom stereocenters. The van der Waals surface area contributed by atoms with Gasteiger partial charge in [0.1, 0.15) is 6.54 Å². The number of rotatable bonds is 6. The van der Waals surface area contributed by atoms with Crippen LogP contribution in [0.5, 0.6) is 0 Å². The number of carbonyl (C=O) groups excluding carboxylic acids is 1. The maximum Gasteiger partial charge on any atom is 0.322 e. The Balaban J connectivity index is 2.44. The molecule has 2 N–H and O–H groups in total. The van der Waals surface area contributed by atoms with Crippen LogP contribution in [0.15, 0.2) is 23.1 Å². The van der Waals surface area contributed by atoms with E-state index in [1.54, 1.807) is 6.07 Å². The largest absolute Gasteiger partial charge is 0.480 e. The standard InChI is InChI=1S/C16H23N3O5S/c1-18(2)25(23,24)12-6-7-14(19-8-4-3-5-9-19)13(10-12)16(22)17-11-15(20)21/h6-7,10H,3-5,8-9,11H2,1-2H3,(H,17,22)(H,20,21). The van der Waals surface area contributed by atoms with Gasteiger partial charge in [-0.1, -0.05) is 0 Å². The number of sulfonamides is 1. The minimum absolute atomic E-state index is 0.00117. The van der Waals surface area contributed by atoms with E-state index in [1.807, 2.05) is 4.90 Å². The van der Waals surface area contributed by atoms with Crippen LogP contribution in [0.1, 0.15) is 29.6 Å². The predicted molar refractivity (Wildman–Crippen MR) is 93.3 cm³/mol. The second kappa shape index (κ2) is 7.83. The number of carboxylic acid groups (broad SMARTS) is 1. The summed E-state index contributed by atoms with van der Waals surface area (Å²) in [4.78, 5) is 25.2.